The molecule has 1 unspecified atom stereocenters. The number of rotatable bonds is 7. The largest absolute Gasteiger partial charge is 0.315 e. The Kier molecular flexibility index (Phi) is 6.19. The van der Waals surface area contributed by atoms with Crippen LogP contribution in [0.1, 0.15) is 33.1 Å². The van der Waals surface area contributed by atoms with Gasteiger partial charge in [0.25, 0.3) is 5.56 Å². The van der Waals surface area contributed by atoms with Gasteiger partial charge in [0.2, 0.25) is 5.91 Å². The minimum Gasteiger partial charge on any atom is -0.315 e. The maximum Gasteiger partial charge on any atom is 0.258 e. The second-order valence-electron chi connectivity index (χ2n) is 6.81. The van der Waals surface area contributed by atoms with E-state index in [0.717, 1.165) is 22.9 Å². The number of carbonyl (C=O) groups excluding carboxylic acids is 1. The van der Waals surface area contributed by atoms with Crippen molar-refractivity contribution in [1.29, 1.82) is 0 Å². The summed E-state index contributed by atoms with van der Waals surface area (Å²) < 4.78 is 15.0. The molecule has 0 aliphatic heterocycles. The van der Waals surface area contributed by atoms with Crippen LogP contribution in [-0.4, -0.2) is 21.6 Å². The van der Waals surface area contributed by atoms with Gasteiger partial charge in [-0.25, -0.2) is 9.37 Å². The van der Waals surface area contributed by atoms with Crippen LogP contribution in [0.15, 0.2) is 53.6 Å². The Hall–Kier alpha value is -3.02. The fourth-order valence-electron chi connectivity index (χ4n) is 3.05. The van der Waals surface area contributed by atoms with E-state index in [-0.39, 0.29) is 12.0 Å². The molecule has 0 saturated carbocycles. The average Bonchev–Trinajstić information content (AvgIpc) is 2.70. The molecule has 0 spiro atoms. The van der Waals surface area contributed by atoms with E-state index in [4.69, 9.17) is 0 Å². The van der Waals surface area contributed by atoms with Gasteiger partial charge in [-0.2, -0.15) is 0 Å². The molecule has 1 amide bonds. The first kappa shape index (κ1) is 19.7. The number of anilines is 1. The lowest BCUT2D eigenvalue weighted by atomic mass is 10.0. The number of aryl methyl sites for hydroxylation is 1. The summed E-state index contributed by atoms with van der Waals surface area (Å²) in [6.45, 7) is 4.42. The van der Waals surface area contributed by atoms with Crippen LogP contribution in [0.3, 0.4) is 0 Å². The van der Waals surface area contributed by atoms with E-state index in [9.17, 15) is 14.0 Å². The summed E-state index contributed by atoms with van der Waals surface area (Å²) in [6.07, 6.45) is 3.35. The van der Waals surface area contributed by atoms with E-state index < -0.39 is 12.1 Å². The van der Waals surface area contributed by atoms with Gasteiger partial charge < -0.3 is 9.88 Å². The highest BCUT2D eigenvalue weighted by Gasteiger charge is 2.11. The quantitative estimate of drug-likeness (QED) is 0.653. The van der Waals surface area contributed by atoms with Gasteiger partial charge in [0, 0.05) is 29.9 Å². The topological polar surface area (TPSA) is 64.0 Å². The highest BCUT2D eigenvalue weighted by molar-refractivity contribution is 5.90. The van der Waals surface area contributed by atoms with Crippen molar-refractivity contribution >= 4 is 22.5 Å². The molecule has 0 fully saturated rings. The van der Waals surface area contributed by atoms with Crippen LogP contribution in [0.2, 0.25) is 0 Å². The molecule has 2 aromatic heterocycles. The summed E-state index contributed by atoms with van der Waals surface area (Å²) in [5.41, 5.74) is 1.70. The van der Waals surface area contributed by atoms with E-state index in [1.165, 1.54) is 0 Å². The third-order valence-corrected chi connectivity index (χ3v) is 4.66. The molecular formula is C22H24FN3O2. The van der Waals surface area contributed by atoms with E-state index >= 15 is 0 Å². The van der Waals surface area contributed by atoms with Crippen molar-refractivity contribution in [3.63, 3.8) is 0 Å². The molecule has 2 heterocycles. The second kappa shape index (κ2) is 8.78. The number of nitrogens with one attached hydrogen (secondary N) is 1. The van der Waals surface area contributed by atoms with Crippen LogP contribution in [0, 0.1) is 0 Å². The van der Waals surface area contributed by atoms with Crippen LogP contribution in [0.5, 0.6) is 0 Å². The van der Waals surface area contributed by atoms with Gasteiger partial charge in [-0.1, -0.05) is 26.0 Å². The highest BCUT2D eigenvalue weighted by atomic mass is 19.1. The Balaban J connectivity index is 1.83. The zero-order valence-electron chi connectivity index (χ0n) is 16.1. The van der Waals surface area contributed by atoms with Crippen molar-refractivity contribution in [1.82, 2.24) is 9.55 Å². The number of benzene rings is 1. The van der Waals surface area contributed by atoms with Crippen molar-refractivity contribution in [2.45, 2.75) is 45.8 Å². The Morgan fingerprint density at radius 3 is 2.64 bits per heavy atom. The number of alkyl halides is 1. The second-order valence-corrected chi connectivity index (χ2v) is 6.81. The number of hydrogen-bond acceptors (Lipinski definition) is 3. The molecule has 146 valence electrons. The predicted molar refractivity (Wildman–Crippen MR) is 110 cm³/mol. The molecule has 3 rings (SSSR count). The zero-order valence-corrected chi connectivity index (χ0v) is 16.1. The minimum absolute atomic E-state index is 0.00487. The maximum absolute atomic E-state index is 13.3. The van der Waals surface area contributed by atoms with E-state index in [1.807, 2.05) is 43.5 Å². The maximum atomic E-state index is 13.3. The van der Waals surface area contributed by atoms with Crippen molar-refractivity contribution in [3.05, 3.63) is 59.1 Å². The first-order valence-corrected chi connectivity index (χ1v) is 9.55. The number of hydrogen-bond donors (Lipinski definition) is 1. The number of halogens is 1. The van der Waals surface area contributed by atoms with E-state index in [2.05, 4.69) is 10.3 Å². The smallest absolute Gasteiger partial charge is 0.258 e. The molecule has 3 aromatic rings. The number of fused-ring (bicyclic) bond motifs is 1. The molecule has 6 heteroatoms. The third kappa shape index (κ3) is 4.44. The Labute approximate surface area is 163 Å². The number of aromatic nitrogens is 2. The summed E-state index contributed by atoms with van der Waals surface area (Å²) in [7, 11) is 0. The van der Waals surface area contributed by atoms with E-state index in [0.29, 0.717) is 24.2 Å². The highest BCUT2D eigenvalue weighted by Crippen LogP contribution is 2.23. The van der Waals surface area contributed by atoms with E-state index in [1.54, 1.807) is 23.8 Å². The molecule has 0 aliphatic carbocycles. The third-order valence-electron chi connectivity index (χ3n) is 4.66. The number of carbonyl (C=O) groups is 1. The molecule has 28 heavy (non-hydrogen) atoms. The summed E-state index contributed by atoms with van der Waals surface area (Å²) in [5.74, 6) is -0.0140. The normalized spacial score (nSPS) is 12.1. The van der Waals surface area contributed by atoms with Gasteiger partial charge in [-0.15, -0.1) is 0 Å². The lowest BCUT2D eigenvalue weighted by Gasteiger charge is -2.09. The first-order valence-electron chi connectivity index (χ1n) is 9.55. The first-order chi connectivity index (χ1) is 13.5. The van der Waals surface area contributed by atoms with Crippen LogP contribution in [-0.2, 0) is 11.3 Å². The summed E-state index contributed by atoms with van der Waals surface area (Å²) in [6, 6.07) is 11.2. The molecule has 1 atom stereocenters. The summed E-state index contributed by atoms with van der Waals surface area (Å²) >= 11 is 0. The number of pyridine rings is 2. The van der Waals surface area contributed by atoms with Gasteiger partial charge in [0.1, 0.15) is 12.0 Å². The van der Waals surface area contributed by atoms with Gasteiger partial charge in [-0.05, 0) is 48.1 Å². The fourth-order valence-corrected chi connectivity index (χ4v) is 3.05. The Morgan fingerprint density at radius 2 is 1.96 bits per heavy atom. The summed E-state index contributed by atoms with van der Waals surface area (Å²) in [4.78, 5) is 28.7. The lowest BCUT2D eigenvalue weighted by Crippen LogP contribution is -2.19. The Bertz CT molecular complexity index is 1030. The van der Waals surface area contributed by atoms with Crippen molar-refractivity contribution < 1.29 is 9.18 Å². The predicted octanol–water partition coefficient (Wildman–Crippen LogP) is 4.55. The molecule has 1 aromatic carbocycles. The number of nitrogens with zero attached hydrogens (tertiary/aromatic N) is 2. The number of amides is 1. The van der Waals surface area contributed by atoms with Crippen LogP contribution >= 0.6 is 0 Å². The SMILES string of the molecule is CCCn1ccc2ccc(-c3ccc(NC(=O)CC(F)CC)nc3)cc2c1=O. The Morgan fingerprint density at radius 1 is 1.18 bits per heavy atom. The average molecular weight is 381 g/mol. The van der Waals surface area contributed by atoms with Crippen LogP contribution in [0.4, 0.5) is 10.2 Å². The molecular weight excluding hydrogens is 357 g/mol. The standard InChI is InChI=1S/C22H24FN3O2/c1-3-10-26-11-9-15-5-6-16(12-19(15)22(26)28)17-7-8-20(24-14-17)25-21(27)13-18(23)4-2/h5-9,11-12,14,18H,3-4,10,13H2,1-2H3,(H,24,25,27). The molecule has 1 N–H and O–H groups in total. The zero-order chi connectivity index (χ0) is 20.1. The van der Waals surface area contributed by atoms with Gasteiger partial charge >= 0.3 is 0 Å². The van der Waals surface area contributed by atoms with Gasteiger partial charge in [0.15, 0.2) is 0 Å². The minimum atomic E-state index is -1.14. The van der Waals surface area contributed by atoms with Gasteiger partial charge in [-0.3, -0.25) is 9.59 Å². The molecule has 0 bridgehead atoms. The fraction of sp³-hybridized carbons (Fsp3) is 0.318. The lowest BCUT2D eigenvalue weighted by molar-refractivity contribution is -0.117. The van der Waals surface area contributed by atoms with Crippen LogP contribution < -0.4 is 10.9 Å². The molecule has 0 saturated heterocycles. The molecule has 5 nitrogen and oxygen atoms in total. The van der Waals surface area contributed by atoms with Crippen molar-refractivity contribution in [2.75, 3.05) is 5.32 Å². The van der Waals surface area contributed by atoms with Gasteiger partial charge in [0.05, 0.1) is 6.42 Å². The summed E-state index contributed by atoms with van der Waals surface area (Å²) in [5, 5.41) is 4.17. The molecule has 0 radical (unpaired) electrons. The van der Waals surface area contributed by atoms with Crippen molar-refractivity contribution in [3.8, 4) is 11.1 Å². The van der Waals surface area contributed by atoms with Crippen LogP contribution in [0.25, 0.3) is 21.9 Å². The molecule has 0 aliphatic rings. The monoisotopic (exact) mass is 381 g/mol. The van der Waals surface area contributed by atoms with Crippen molar-refractivity contribution in [2.24, 2.45) is 0 Å².